The van der Waals surface area contributed by atoms with Gasteiger partial charge in [-0.3, -0.25) is 9.78 Å². The van der Waals surface area contributed by atoms with Crippen molar-refractivity contribution in [2.24, 2.45) is 0 Å². The Hall–Kier alpha value is -2.32. The van der Waals surface area contributed by atoms with Crippen molar-refractivity contribution in [3.8, 4) is 0 Å². The number of hydrogen-bond acceptors (Lipinski definition) is 4. The molecule has 1 amide bonds. The predicted octanol–water partition coefficient (Wildman–Crippen LogP) is 2.50. The quantitative estimate of drug-likeness (QED) is 0.867. The summed E-state index contributed by atoms with van der Waals surface area (Å²) in [6.07, 6.45) is 2.94. The fourth-order valence-electron chi connectivity index (χ4n) is 2.19. The van der Waals surface area contributed by atoms with Crippen LogP contribution in [0.4, 0.5) is 10.1 Å². The minimum Gasteiger partial charge on any atom is -0.320 e. The Kier molecular flexibility index (Phi) is 5.63. The number of nitrogens with zero attached hydrogens (tertiary/aromatic N) is 2. The summed E-state index contributed by atoms with van der Waals surface area (Å²) >= 11 is 0. The zero-order valence-corrected chi connectivity index (χ0v) is 14.2. The van der Waals surface area contributed by atoms with Crippen LogP contribution in [0.2, 0.25) is 0 Å². The minimum atomic E-state index is -3.77. The van der Waals surface area contributed by atoms with E-state index in [2.05, 4.69) is 10.3 Å². The molecule has 0 saturated heterocycles. The van der Waals surface area contributed by atoms with Crippen molar-refractivity contribution >= 4 is 21.6 Å². The van der Waals surface area contributed by atoms with Crippen LogP contribution in [-0.2, 0) is 10.0 Å². The fourth-order valence-corrected chi connectivity index (χ4v) is 3.67. The maximum absolute atomic E-state index is 14.0. The molecule has 0 atom stereocenters. The fraction of sp³-hybridized carbons (Fsp3) is 0.250. The lowest BCUT2D eigenvalue weighted by molar-refractivity contribution is 0.102. The van der Waals surface area contributed by atoms with Crippen LogP contribution in [0.5, 0.6) is 0 Å². The Labute approximate surface area is 140 Å². The third-order valence-corrected chi connectivity index (χ3v) is 5.49. The van der Waals surface area contributed by atoms with Crippen LogP contribution >= 0.6 is 0 Å². The number of halogens is 1. The number of nitrogens with one attached hydrogen (secondary N) is 1. The highest BCUT2D eigenvalue weighted by molar-refractivity contribution is 7.89. The molecule has 0 aliphatic rings. The van der Waals surface area contributed by atoms with Gasteiger partial charge in [-0.25, -0.2) is 12.8 Å². The van der Waals surface area contributed by atoms with E-state index in [-0.39, 0.29) is 23.5 Å². The third kappa shape index (κ3) is 3.77. The van der Waals surface area contributed by atoms with E-state index in [1.54, 1.807) is 26.0 Å². The van der Waals surface area contributed by atoms with Gasteiger partial charge < -0.3 is 5.32 Å². The molecule has 2 aromatic rings. The van der Waals surface area contributed by atoms with Crippen LogP contribution in [0.25, 0.3) is 0 Å². The van der Waals surface area contributed by atoms with Crippen LogP contribution in [-0.4, -0.2) is 36.7 Å². The summed E-state index contributed by atoms with van der Waals surface area (Å²) in [5.41, 5.74) is 0.0472. The van der Waals surface area contributed by atoms with E-state index in [1.807, 2.05) is 0 Å². The number of amides is 1. The second-order valence-corrected chi connectivity index (χ2v) is 6.86. The number of carbonyl (C=O) groups excluding carboxylic acids is 1. The molecule has 0 spiro atoms. The molecule has 1 heterocycles. The molecule has 128 valence electrons. The van der Waals surface area contributed by atoms with Gasteiger partial charge in [0, 0.05) is 19.3 Å². The first-order chi connectivity index (χ1) is 11.4. The van der Waals surface area contributed by atoms with E-state index in [0.29, 0.717) is 5.69 Å². The lowest BCUT2D eigenvalue weighted by Crippen LogP contribution is -2.31. The highest BCUT2D eigenvalue weighted by Crippen LogP contribution is 2.20. The number of hydrogen-bond donors (Lipinski definition) is 1. The van der Waals surface area contributed by atoms with Crippen molar-refractivity contribution in [2.45, 2.75) is 18.7 Å². The molecular formula is C16H18FN3O3S. The summed E-state index contributed by atoms with van der Waals surface area (Å²) in [5.74, 6) is -1.54. The number of benzene rings is 1. The number of pyridine rings is 1. The van der Waals surface area contributed by atoms with Gasteiger partial charge in [0.05, 0.1) is 22.3 Å². The molecule has 1 aromatic carbocycles. The summed E-state index contributed by atoms with van der Waals surface area (Å²) in [4.78, 5) is 16.0. The summed E-state index contributed by atoms with van der Waals surface area (Å²) < 4.78 is 40.2. The average Bonchev–Trinajstić information content (AvgIpc) is 2.56. The van der Waals surface area contributed by atoms with Gasteiger partial charge in [0.1, 0.15) is 5.82 Å². The zero-order chi connectivity index (χ0) is 17.7. The number of rotatable bonds is 6. The highest BCUT2D eigenvalue weighted by atomic mass is 32.2. The highest BCUT2D eigenvalue weighted by Gasteiger charge is 2.24. The molecule has 1 N–H and O–H groups in total. The normalized spacial score (nSPS) is 11.5. The van der Waals surface area contributed by atoms with Crippen molar-refractivity contribution < 1.29 is 17.6 Å². The molecule has 2 rings (SSSR count). The topological polar surface area (TPSA) is 79.4 Å². The maximum atomic E-state index is 14.0. The zero-order valence-electron chi connectivity index (χ0n) is 13.4. The number of aromatic nitrogens is 1. The van der Waals surface area contributed by atoms with E-state index in [1.165, 1.54) is 16.7 Å². The Morgan fingerprint density at radius 1 is 1.25 bits per heavy atom. The Morgan fingerprint density at radius 2 is 1.96 bits per heavy atom. The summed E-state index contributed by atoms with van der Waals surface area (Å²) in [5, 5.41) is 2.49. The second-order valence-electron chi connectivity index (χ2n) is 4.93. The van der Waals surface area contributed by atoms with Gasteiger partial charge >= 0.3 is 0 Å². The maximum Gasteiger partial charge on any atom is 0.258 e. The van der Waals surface area contributed by atoms with Crippen molar-refractivity contribution in [2.75, 3.05) is 18.4 Å². The number of sulfonamides is 1. The van der Waals surface area contributed by atoms with Crippen LogP contribution in [0, 0.1) is 5.82 Å². The van der Waals surface area contributed by atoms with Gasteiger partial charge in [0.15, 0.2) is 0 Å². The van der Waals surface area contributed by atoms with Gasteiger partial charge in [0.25, 0.3) is 5.91 Å². The van der Waals surface area contributed by atoms with Gasteiger partial charge in [-0.2, -0.15) is 4.31 Å². The average molecular weight is 351 g/mol. The number of anilines is 1. The van der Waals surface area contributed by atoms with Crippen LogP contribution in [0.3, 0.4) is 0 Å². The summed E-state index contributed by atoms with van der Waals surface area (Å²) in [6, 6.07) is 6.40. The van der Waals surface area contributed by atoms with Gasteiger partial charge in [-0.1, -0.05) is 13.8 Å². The Morgan fingerprint density at radius 3 is 2.54 bits per heavy atom. The molecule has 0 unspecified atom stereocenters. The second kappa shape index (κ2) is 7.50. The molecule has 8 heteroatoms. The van der Waals surface area contributed by atoms with Crippen molar-refractivity contribution in [1.29, 1.82) is 0 Å². The molecule has 1 aromatic heterocycles. The van der Waals surface area contributed by atoms with Gasteiger partial charge in [-0.15, -0.1) is 0 Å². The van der Waals surface area contributed by atoms with Crippen molar-refractivity contribution in [3.63, 3.8) is 0 Å². The molecule has 0 saturated carbocycles. The molecule has 0 aliphatic carbocycles. The SMILES string of the molecule is CCN(CC)S(=O)(=O)c1ccc(F)c(C(=O)Nc2cccnc2)c1. The summed E-state index contributed by atoms with van der Waals surface area (Å²) in [6.45, 7) is 3.99. The Balaban J connectivity index is 2.37. The van der Waals surface area contributed by atoms with Crippen LogP contribution in [0.15, 0.2) is 47.6 Å². The Bertz CT molecular complexity index is 822. The predicted molar refractivity (Wildman–Crippen MR) is 88.7 cm³/mol. The minimum absolute atomic E-state index is 0.121. The van der Waals surface area contributed by atoms with E-state index in [0.717, 1.165) is 18.2 Å². The largest absolute Gasteiger partial charge is 0.320 e. The smallest absolute Gasteiger partial charge is 0.258 e. The van der Waals surface area contributed by atoms with Crippen molar-refractivity contribution in [3.05, 3.63) is 54.1 Å². The number of carbonyl (C=O) groups is 1. The molecule has 6 nitrogen and oxygen atoms in total. The molecule has 0 bridgehead atoms. The van der Waals surface area contributed by atoms with Gasteiger partial charge in [0.2, 0.25) is 10.0 Å². The first-order valence-electron chi connectivity index (χ1n) is 7.41. The standard InChI is InChI=1S/C16H18FN3O3S/c1-3-20(4-2)24(22,23)13-7-8-15(17)14(10-13)16(21)19-12-6-5-9-18-11-12/h5-11H,3-4H2,1-2H3,(H,19,21). The van der Waals surface area contributed by atoms with E-state index < -0.39 is 21.7 Å². The van der Waals surface area contributed by atoms with Gasteiger partial charge in [-0.05, 0) is 30.3 Å². The lowest BCUT2D eigenvalue weighted by atomic mass is 10.2. The first-order valence-corrected chi connectivity index (χ1v) is 8.85. The van der Waals surface area contributed by atoms with Crippen LogP contribution < -0.4 is 5.32 Å². The summed E-state index contributed by atoms with van der Waals surface area (Å²) in [7, 11) is -3.77. The lowest BCUT2D eigenvalue weighted by Gasteiger charge is -2.18. The molecule has 0 radical (unpaired) electrons. The molecule has 0 aliphatic heterocycles. The van der Waals surface area contributed by atoms with Crippen molar-refractivity contribution in [1.82, 2.24) is 9.29 Å². The van der Waals surface area contributed by atoms with E-state index in [4.69, 9.17) is 0 Å². The first kappa shape index (κ1) is 18.0. The van der Waals surface area contributed by atoms with E-state index in [9.17, 15) is 17.6 Å². The van der Waals surface area contributed by atoms with E-state index >= 15 is 0 Å². The monoisotopic (exact) mass is 351 g/mol. The van der Waals surface area contributed by atoms with Crippen LogP contribution in [0.1, 0.15) is 24.2 Å². The third-order valence-electron chi connectivity index (χ3n) is 3.45. The molecule has 24 heavy (non-hydrogen) atoms. The molecular weight excluding hydrogens is 333 g/mol. The molecule has 0 fully saturated rings.